The van der Waals surface area contributed by atoms with E-state index in [1.807, 2.05) is 57.7 Å². The summed E-state index contributed by atoms with van der Waals surface area (Å²) in [6, 6.07) is -0.622. The Bertz CT molecular complexity index is 1600. The quantitative estimate of drug-likeness (QED) is 0.131. The molecule has 0 aromatic carbocycles. The highest BCUT2D eigenvalue weighted by Crippen LogP contribution is 2.38. The van der Waals surface area contributed by atoms with E-state index < -0.39 is 23.8 Å². The monoisotopic (exact) mass is 734 g/mol. The molecule has 2 fully saturated rings. The summed E-state index contributed by atoms with van der Waals surface area (Å²) in [5, 5.41) is 12.2. The van der Waals surface area contributed by atoms with Crippen molar-refractivity contribution in [3.8, 4) is 0 Å². The van der Waals surface area contributed by atoms with Crippen molar-refractivity contribution in [3.63, 3.8) is 0 Å². The van der Waals surface area contributed by atoms with Gasteiger partial charge in [0.15, 0.2) is 11.6 Å². The van der Waals surface area contributed by atoms with Gasteiger partial charge in [0, 0.05) is 38.2 Å². The summed E-state index contributed by atoms with van der Waals surface area (Å²) in [6.45, 7) is 15.0. The summed E-state index contributed by atoms with van der Waals surface area (Å²) in [7, 11) is 0. The molecule has 290 valence electrons. The van der Waals surface area contributed by atoms with Crippen LogP contribution in [-0.2, 0) is 19.0 Å². The molecule has 4 heterocycles. The normalized spacial score (nSPS) is 20.6. The second-order valence-corrected chi connectivity index (χ2v) is 15.3. The predicted octanol–water partition coefficient (Wildman–Crippen LogP) is 6.02. The standard InChI is InChI=1S/C39H58N8O6/c1-7-8-12-26(2)22-52-38(50)45-31(14-9-10-16-40-37(49)53-39(4,5)6)36(48)46-18-15-28-19-27(3)20-32(30(28)21-46)51-23-29-13-11-17-47(29)35-33-34(42-24-41-33)43-25-44-35/h7-8,12,19,25,27,29,31,41H,9-11,13-18,20-24H2,1-6H3,(H,40,49)(H,45,50)(H,42,43,44). The third-order valence-electron chi connectivity index (χ3n) is 9.66. The zero-order valence-electron chi connectivity index (χ0n) is 32.3. The molecule has 53 heavy (non-hydrogen) atoms. The van der Waals surface area contributed by atoms with Crippen LogP contribution in [0.25, 0.3) is 0 Å². The van der Waals surface area contributed by atoms with Crippen molar-refractivity contribution in [1.29, 1.82) is 0 Å². The van der Waals surface area contributed by atoms with Gasteiger partial charge in [-0.15, -0.1) is 0 Å². The van der Waals surface area contributed by atoms with Crippen LogP contribution in [0.3, 0.4) is 0 Å². The maximum Gasteiger partial charge on any atom is 0.408 e. The Balaban J connectivity index is 1.24. The van der Waals surface area contributed by atoms with Crippen LogP contribution in [-0.4, -0.2) is 96.7 Å². The molecule has 0 bridgehead atoms. The average molecular weight is 735 g/mol. The van der Waals surface area contributed by atoms with Gasteiger partial charge in [0.05, 0.1) is 12.7 Å². The highest BCUT2D eigenvalue weighted by molar-refractivity contribution is 5.86. The molecule has 14 heteroatoms. The Kier molecular flexibility index (Phi) is 13.6. The molecule has 0 spiro atoms. The number of carbonyl (C=O) groups excluding carboxylic acids is 3. The van der Waals surface area contributed by atoms with Gasteiger partial charge in [-0.3, -0.25) is 4.79 Å². The first-order chi connectivity index (χ1) is 25.4. The van der Waals surface area contributed by atoms with Crippen molar-refractivity contribution in [2.45, 2.75) is 104 Å². The first-order valence-corrected chi connectivity index (χ1v) is 19.0. The smallest absolute Gasteiger partial charge is 0.408 e. The van der Waals surface area contributed by atoms with E-state index >= 15 is 0 Å². The number of nitrogens with zero attached hydrogens (tertiary/aromatic N) is 4. The molecule has 3 unspecified atom stereocenters. The van der Waals surface area contributed by atoms with Gasteiger partial charge in [-0.2, -0.15) is 0 Å². The first-order valence-electron chi connectivity index (χ1n) is 19.0. The van der Waals surface area contributed by atoms with Gasteiger partial charge in [-0.05, 0) is 90.2 Å². The van der Waals surface area contributed by atoms with Gasteiger partial charge in [0.2, 0.25) is 5.91 Å². The number of likely N-dealkylation sites (tertiary alicyclic amines) is 1. The number of allylic oxidation sites excluding steroid dienone is 5. The zero-order chi connectivity index (χ0) is 38.0. The van der Waals surface area contributed by atoms with Crippen molar-refractivity contribution in [1.82, 2.24) is 25.5 Å². The molecule has 14 nitrogen and oxygen atoms in total. The van der Waals surface area contributed by atoms with Crippen LogP contribution in [0.5, 0.6) is 0 Å². The Labute approximate surface area is 313 Å². The molecule has 5 rings (SSSR count). The van der Waals surface area contributed by atoms with E-state index in [9.17, 15) is 14.4 Å². The number of alkyl carbamates (subject to hydrolysis) is 2. The molecular weight excluding hydrogens is 676 g/mol. The highest BCUT2D eigenvalue weighted by atomic mass is 16.6. The Hall–Kier alpha value is -4.75. The van der Waals surface area contributed by atoms with E-state index in [1.165, 1.54) is 5.57 Å². The van der Waals surface area contributed by atoms with E-state index in [0.717, 1.165) is 60.0 Å². The largest absolute Gasteiger partial charge is 0.495 e. The maximum atomic E-state index is 14.2. The van der Waals surface area contributed by atoms with Crippen LogP contribution in [0.4, 0.5) is 26.9 Å². The van der Waals surface area contributed by atoms with Gasteiger partial charge >= 0.3 is 12.2 Å². The average Bonchev–Trinajstić information content (AvgIpc) is 3.80. The van der Waals surface area contributed by atoms with Crippen molar-refractivity contribution >= 4 is 35.4 Å². The molecule has 1 aromatic rings. The number of piperidine rings is 1. The fraction of sp³-hybridized carbons (Fsp3) is 0.615. The molecule has 3 aliphatic heterocycles. The Morgan fingerprint density at radius 3 is 2.75 bits per heavy atom. The summed E-state index contributed by atoms with van der Waals surface area (Å²) in [5.41, 5.74) is 3.53. The number of ether oxygens (including phenoxy) is 3. The van der Waals surface area contributed by atoms with Crippen LogP contribution in [0.1, 0.15) is 86.5 Å². The third kappa shape index (κ3) is 11.1. The van der Waals surface area contributed by atoms with Gasteiger partial charge in [0.25, 0.3) is 0 Å². The molecule has 3 amide bonds. The maximum absolute atomic E-state index is 14.2. The van der Waals surface area contributed by atoms with Crippen molar-refractivity contribution < 1.29 is 28.6 Å². The number of rotatable bonds is 14. The molecule has 1 aliphatic carbocycles. The molecule has 2 saturated heterocycles. The summed E-state index contributed by atoms with van der Waals surface area (Å²) < 4.78 is 17.5. The summed E-state index contributed by atoms with van der Waals surface area (Å²) in [6.07, 6.45) is 13.6. The lowest BCUT2D eigenvalue weighted by Crippen LogP contribution is -2.51. The first kappa shape index (κ1) is 39.5. The van der Waals surface area contributed by atoms with Gasteiger partial charge < -0.3 is 45.3 Å². The number of anilines is 3. The number of hydrogen-bond acceptors (Lipinski definition) is 11. The lowest BCUT2D eigenvalue weighted by atomic mass is 9.85. The summed E-state index contributed by atoms with van der Waals surface area (Å²) >= 11 is 0. The van der Waals surface area contributed by atoms with E-state index in [4.69, 9.17) is 14.2 Å². The molecule has 3 atom stereocenters. The van der Waals surface area contributed by atoms with E-state index in [0.29, 0.717) is 64.5 Å². The molecular formula is C39H58N8O6. The minimum Gasteiger partial charge on any atom is -0.495 e. The minimum absolute atomic E-state index is 0.117. The predicted molar refractivity (Wildman–Crippen MR) is 205 cm³/mol. The Morgan fingerprint density at radius 1 is 1.13 bits per heavy atom. The fourth-order valence-corrected chi connectivity index (χ4v) is 7.10. The second kappa shape index (κ2) is 18.3. The van der Waals surface area contributed by atoms with Crippen LogP contribution < -0.4 is 26.2 Å². The molecule has 1 aromatic heterocycles. The van der Waals surface area contributed by atoms with Crippen LogP contribution in [0, 0.1) is 5.92 Å². The number of carbonyl (C=O) groups is 3. The van der Waals surface area contributed by atoms with Crippen LogP contribution in [0.15, 0.2) is 53.1 Å². The van der Waals surface area contributed by atoms with E-state index in [1.54, 1.807) is 6.33 Å². The molecule has 4 N–H and O–H groups in total. The fourth-order valence-electron chi connectivity index (χ4n) is 7.10. The van der Waals surface area contributed by atoms with Crippen molar-refractivity contribution in [2.24, 2.45) is 5.92 Å². The van der Waals surface area contributed by atoms with E-state index in [-0.39, 0.29) is 18.6 Å². The van der Waals surface area contributed by atoms with Crippen molar-refractivity contribution in [2.75, 3.05) is 61.6 Å². The summed E-state index contributed by atoms with van der Waals surface area (Å²) in [5.74, 6) is 2.83. The van der Waals surface area contributed by atoms with Crippen LogP contribution in [0.2, 0.25) is 0 Å². The molecule has 4 aliphatic rings. The van der Waals surface area contributed by atoms with Crippen molar-refractivity contribution in [3.05, 3.63) is 53.1 Å². The summed E-state index contributed by atoms with van der Waals surface area (Å²) in [4.78, 5) is 52.4. The molecule has 0 radical (unpaired) electrons. The number of fused-ring (bicyclic) bond motifs is 2. The number of aromatic nitrogens is 2. The zero-order valence-corrected chi connectivity index (χ0v) is 32.3. The van der Waals surface area contributed by atoms with Gasteiger partial charge in [-0.1, -0.05) is 31.2 Å². The third-order valence-corrected chi connectivity index (χ3v) is 9.66. The number of unbranched alkanes of at least 4 members (excludes halogenated alkanes) is 1. The van der Waals surface area contributed by atoms with E-state index in [2.05, 4.69) is 49.1 Å². The lowest BCUT2D eigenvalue weighted by Gasteiger charge is -2.37. The topological polar surface area (TPSA) is 159 Å². The lowest BCUT2D eigenvalue weighted by molar-refractivity contribution is -0.133. The minimum atomic E-state index is -0.786. The second-order valence-electron chi connectivity index (χ2n) is 15.3. The van der Waals surface area contributed by atoms with Crippen LogP contribution >= 0.6 is 0 Å². The number of nitrogens with one attached hydrogen (secondary N) is 4. The number of amides is 3. The Morgan fingerprint density at radius 2 is 1.96 bits per heavy atom. The number of hydrogen-bond donors (Lipinski definition) is 4. The van der Waals surface area contributed by atoms with Gasteiger partial charge in [-0.25, -0.2) is 19.6 Å². The van der Waals surface area contributed by atoms with Gasteiger partial charge in [0.1, 0.15) is 42.6 Å². The SMILES string of the molecule is CC=CC=C(C)COC(=O)NC(CCCCNC(=O)OC(C)(C)C)C(=O)N1CCC2=CC(C)CC(OCC3CCCN3c3ncnc4c3NCN4)=C2C1. The molecule has 0 saturated carbocycles. The highest BCUT2D eigenvalue weighted by Gasteiger charge is 2.35.